The standard InChI is InChI=1S/C15H28N2O/c1-5-12-15(18)17(14(6-2)16-12)13-9-7-8-10(3)11(13)4/h10-14,16H,5-9H2,1-4H3. The molecular formula is C15H28N2O. The first-order valence-corrected chi connectivity index (χ1v) is 7.68. The van der Waals surface area contributed by atoms with Gasteiger partial charge in [0.1, 0.15) is 0 Å². The molecular weight excluding hydrogens is 224 g/mol. The second-order valence-corrected chi connectivity index (χ2v) is 6.13. The number of hydrogen-bond acceptors (Lipinski definition) is 2. The van der Waals surface area contributed by atoms with E-state index in [4.69, 9.17) is 0 Å². The topological polar surface area (TPSA) is 32.3 Å². The number of hydrogen-bond donors (Lipinski definition) is 1. The van der Waals surface area contributed by atoms with Crippen molar-refractivity contribution in [3.8, 4) is 0 Å². The van der Waals surface area contributed by atoms with E-state index in [1.54, 1.807) is 0 Å². The molecule has 3 nitrogen and oxygen atoms in total. The van der Waals surface area contributed by atoms with Gasteiger partial charge in [-0.3, -0.25) is 10.1 Å². The third-order valence-corrected chi connectivity index (χ3v) is 5.10. The van der Waals surface area contributed by atoms with Crippen LogP contribution in [0.1, 0.15) is 59.8 Å². The fraction of sp³-hybridized carbons (Fsp3) is 0.933. The smallest absolute Gasteiger partial charge is 0.241 e. The molecule has 3 heteroatoms. The highest BCUT2D eigenvalue weighted by Gasteiger charge is 2.43. The predicted octanol–water partition coefficient (Wildman–Crippen LogP) is 2.76. The number of carbonyl (C=O) groups is 1. The lowest BCUT2D eigenvalue weighted by atomic mass is 9.77. The highest BCUT2D eigenvalue weighted by atomic mass is 16.2. The van der Waals surface area contributed by atoms with Crippen molar-refractivity contribution >= 4 is 5.91 Å². The van der Waals surface area contributed by atoms with Gasteiger partial charge in [0.25, 0.3) is 0 Å². The van der Waals surface area contributed by atoms with Crippen LogP contribution in [0.15, 0.2) is 0 Å². The minimum absolute atomic E-state index is 0.0550. The Bertz CT molecular complexity index is 305. The van der Waals surface area contributed by atoms with Crippen LogP contribution in [0.25, 0.3) is 0 Å². The van der Waals surface area contributed by atoms with E-state index >= 15 is 0 Å². The second kappa shape index (κ2) is 5.60. The van der Waals surface area contributed by atoms with E-state index in [2.05, 4.69) is 37.9 Å². The lowest BCUT2D eigenvalue weighted by Crippen LogP contribution is -2.50. The van der Waals surface area contributed by atoms with Gasteiger partial charge in [-0.1, -0.05) is 40.5 Å². The van der Waals surface area contributed by atoms with Crippen molar-refractivity contribution in [3.05, 3.63) is 0 Å². The van der Waals surface area contributed by atoms with Crippen LogP contribution >= 0.6 is 0 Å². The molecule has 5 atom stereocenters. The molecule has 18 heavy (non-hydrogen) atoms. The highest BCUT2D eigenvalue weighted by molar-refractivity contribution is 5.84. The maximum atomic E-state index is 12.5. The predicted molar refractivity (Wildman–Crippen MR) is 74.1 cm³/mol. The van der Waals surface area contributed by atoms with Gasteiger partial charge in [-0.05, 0) is 31.1 Å². The Morgan fingerprint density at radius 1 is 1.22 bits per heavy atom. The van der Waals surface area contributed by atoms with Crippen LogP contribution in [-0.2, 0) is 4.79 Å². The van der Waals surface area contributed by atoms with E-state index in [0.29, 0.717) is 17.9 Å². The van der Waals surface area contributed by atoms with Gasteiger partial charge >= 0.3 is 0 Å². The van der Waals surface area contributed by atoms with Gasteiger partial charge in [0.2, 0.25) is 5.91 Å². The van der Waals surface area contributed by atoms with Crippen molar-refractivity contribution in [1.29, 1.82) is 0 Å². The van der Waals surface area contributed by atoms with Crippen LogP contribution in [0.4, 0.5) is 0 Å². The van der Waals surface area contributed by atoms with Crippen LogP contribution in [0, 0.1) is 11.8 Å². The number of nitrogens with one attached hydrogen (secondary N) is 1. The monoisotopic (exact) mass is 252 g/mol. The molecule has 0 spiro atoms. The molecule has 2 fully saturated rings. The molecule has 0 radical (unpaired) electrons. The second-order valence-electron chi connectivity index (χ2n) is 6.13. The van der Waals surface area contributed by atoms with Crippen molar-refractivity contribution < 1.29 is 4.79 Å². The molecule has 0 aromatic heterocycles. The van der Waals surface area contributed by atoms with Crippen molar-refractivity contribution in [2.75, 3.05) is 0 Å². The van der Waals surface area contributed by atoms with E-state index in [9.17, 15) is 4.79 Å². The molecule has 1 amide bonds. The van der Waals surface area contributed by atoms with E-state index < -0.39 is 0 Å². The summed E-state index contributed by atoms with van der Waals surface area (Å²) in [6.07, 6.45) is 5.96. The van der Waals surface area contributed by atoms with E-state index in [-0.39, 0.29) is 12.2 Å². The van der Waals surface area contributed by atoms with Crippen LogP contribution < -0.4 is 5.32 Å². The summed E-state index contributed by atoms with van der Waals surface area (Å²) in [6, 6.07) is 0.509. The Morgan fingerprint density at radius 3 is 2.56 bits per heavy atom. The first-order chi connectivity index (χ1) is 8.60. The quantitative estimate of drug-likeness (QED) is 0.837. The van der Waals surface area contributed by atoms with E-state index in [1.165, 1.54) is 19.3 Å². The molecule has 0 aromatic rings. The Hall–Kier alpha value is -0.570. The molecule has 1 aliphatic heterocycles. The molecule has 1 saturated carbocycles. The van der Waals surface area contributed by atoms with Gasteiger partial charge < -0.3 is 4.90 Å². The van der Waals surface area contributed by atoms with Gasteiger partial charge in [0, 0.05) is 6.04 Å². The molecule has 1 aliphatic carbocycles. The number of carbonyl (C=O) groups excluding carboxylic acids is 1. The Kier molecular flexibility index (Phi) is 4.31. The van der Waals surface area contributed by atoms with E-state index in [1.807, 2.05) is 0 Å². The summed E-state index contributed by atoms with van der Waals surface area (Å²) in [7, 11) is 0. The maximum Gasteiger partial charge on any atom is 0.241 e. The molecule has 1 saturated heterocycles. The van der Waals surface area contributed by atoms with Crippen LogP contribution in [0.5, 0.6) is 0 Å². The van der Waals surface area contributed by atoms with Gasteiger partial charge in [0.05, 0.1) is 12.2 Å². The summed E-state index contributed by atoms with van der Waals surface area (Å²) < 4.78 is 0. The van der Waals surface area contributed by atoms with Crippen molar-refractivity contribution in [3.63, 3.8) is 0 Å². The van der Waals surface area contributed by atoms with E-state index in [0.717, 1.165) is 18.8 Å². The average Bonchev–Trinajstić information content (AvgIpc) is 2.69. The fourth-order valence-electron chi connectivity index (χ4n) is 3.67. The minimum Gasteiger partial charge on any atom is -0.323 e. The average molecular weight is 252 g/mol. The normalized spacial score (nSPS) is 41.4. The maximum absolute atomic E-state index is 12.5. The first-order valence-electron chi connectivity index (χ1n) is 7.68. The zero-order chi connectivity index (χ0) is 13.3. The molecule has 0 bridgehead atoms. The molecule has 5 unspecified atom stereocenters. The summed E-state index contributed by atoms with van der Waals surface area (Å²) in [4.78, 5) is 14.7. The van der Waals surface area contributed by atoms with Crippen molar-refractivity contribution in [2.45, 2.75) is 78.0 Å². The number of amides is 1. The lowest BCUT2D eigenvalue weighted by Gasteiger charge is -2.42. The van der Waals surface area contributed by atoms with Crippen LogP contribution in [0.2, 0.25) is 0 Å². The molecule has 1 N–H and O–H groups in total. The molecule has 104 valence electrons. The Morgan fingerprint density at radius 2 is 1.94 bits per heavy atom. The summed E-state index contributed by atoms with van der Waals surface area (Å²) in [6.45, 7) is 8.93. The number of nitrogens with zero attached hydrogens (tertiary/aromatic N) is 1. The Balaban J connectivity index is 2.16. The summed E-state index contributed by atoms with van der Waals surface area (Å²) in [5.74, 6) is 1.72. The van der Waals surface area contributed by atoms with Gasteiger partial charge in [-0.15, -0.1) is 0 Å². The molecule has 2 aliphatic rings. The minimum atomic E-state index is 0.0550. The van der Waals surface area contributed by atoms with Gasteiger partial charge in [-0.2, -0.15) is 0 Å². The summed E-state index contributed by atoms with van der Waals surface area (Å²) in [5, 5.41) is 3.50. The number of rotatable bonds is 3. The van der Waals surface area contributed by atoms with Crippen LogP contribution in [0.3, 0.4) is 0 Å². The largest absolute Gasteiger partial charge is 0.323 e. The zero-order valence-electron chi connectivity index (χ0n) is 12.3. The van der Waals surface area contributed by atoms with Crippen LogP contribution in [-0.4, -0.2) is 29.1 Å². The fourth-order valence-corrected chi connectivity index (χ4v) is 3.67. The zero-order valence-corrected chi connectivity index (χ0v) is 12.3. The molecule has 1 heterocycles. The van der Waals surface area contributed by atoms with Crippen molar-refractivity contribution in [2.24, 2.45) is 11.8 Å². The molecule has 2 rings (SSSR count). The lowest BCUT2D eigenvalue weighted by molar-refractivity contribution is -0.134. The highest BCUT2D eigenvalue weighted by Crippen LogP contribution is 2.35. The van der Waals surface area contributed by atoms with Crippen molar-refractivity contribution in [1.82, 2.24) is 10.2 Å². The van der Waals surface area contributed by atoms with Gasteiger partial charge in [-0.25, -0.2) is 0 Å². The first kappa shape index (κ1) is 13.9. The molecule has 0 aromatic carbocycles. The van der Waals surface area contributed by atoms with Gasteiger partial charge in [0.15, 0.2) is 0 Å². The Labute approximate surface area is 111 Å². The third-order valence-electron chi connectivity index (χ3n) is 5.10. The summed E-state index contributed by atoms with van der Waals surface area (Å²) >= 11 is 0. The summed E-state index contributed by atoms with van der Waals surface area (Å²) in [5.41, 5.74) is 0. The third kappa shape index (κ3) is 2.29. The SMILES string of the molecule is CCC1NC(CC)N(C2CCCC(C)C2C)C1=O.